The molecule has 4 heterocycles. The molecule has 4 rings (SSSR count). The largest absolute Gasteiger partial charge is 0.487 e. The van der Waals surface area contributed by atoms with E-state index in [1.165, 1.54) is 11.3 Å². The number of rotatable bonds is 4. The first kappa shape index (κ1) is 16.9. The fraction of sp³-hybridized carbons (Fsp3) is 0.412. The first-order valence-corrected chi connectivity index (χ1v) is 9.15. The molecule has 1 aliphatic heterocycles. The van der Waals surface area contributed by atoms with Gasteiger partial charge in [0.2, 0.25) is 5.95 Å². The maximum Gasteiger partial charge on any atom is 0.224 e. The van der Waals surface area contributed by atoms with Crippen LogP contribution in [-0.2, 0) is 4.74 Å². The quantitative estimate of drug-likeness (QED) is 0.689. The van der Waals surface area contributed by atoms with Crippen LogP contribution >= 0.6 is 11.3 Å². The van der Waals surface area contributed by atoms with E-state index in [-0.39, 0.29) is 0 Å². The molecular weight excluding hydrogens is 352 g/mol. The van der Waals surface area contributed by atoms with Gasteiger partial charge in [-0.3, -0.25) is 0 Å². The number of anilines is 2. The monoisotopic (exact) mass is 372 g/mol. The van der Waals surface area contributed by atoms with Crippen LogP contribution < -0.4 is 14.5 Å². The molecule has 0 atom stereocenters. The van der Waals surface area contributed by atoms with Crippen molar-refractivity contribution in [1.82, 2.24) is 19.9 Å². The highest BCUT2D eigenvalue weighted by atomic mass is 32.1. The van der Waals surface area contributed by atoms with Crippen molar-refractivity contribution in [3.8, 4) is 16.5 Å². The molecule has 9 heteroatoms. The number of thiophene rings is 1. The third kappa shape index (κ3) is 3.15. The van der Waals surface area contributed by atoms with Gasteiger partial charge < -0.3 is 19.3 Å². The Bertz CT molecular complexity index is 906. The van der Waals surface area contributed by atoms with E-state index in [1.54, 1.807) is 19.5 Å². The molecule has 0 saturated carbocycles. The van der Waals surface area contributed by atoms with Gasteiger partial charge in [0.25, 0.3) is 0 Å². The molecule has 1 aliphatic rings. The lowest BCUT2D eigenvalue weighted by Crippen LogP contribution is -2.37. The van der Waals surface area contributed by atoms with E-state index in [0.29, 0.717) is 25.0 Å². The minimum atomic E-state index is 0.619. The van der Waals surface area contributed by atoms with Gasteiger partial charge in [0.1, 0.15) is 10.6 Å². The number of hydrogen-bond acceptors (Lipinski definition) is 9. The second-order valence-electron chi connectivity index (χ2n) is 6.12. The molecule has 136 valence electrons. The SMILES string of the molecule is COc1cc2c(N3CCOCC3)nc(-c3cnc(N(C)C)nc3)nc2s1. The van der Waals surface area contributed by atoms with Gasteiger partial charge >= 0.3 is 0 Å². The number of hydrogen-bond donors (Lipinski definition) is 0. The Morgan fingerprint density at radius 1 is 1.15 bits per heavy atom. The van der Waals surface area contributed by atoms with Crippen molar-refractivity contribution in [2.45, 2.75) is 0 Å². The Balaban J connectivity index is 1.81. The summed E-state index contributed by atoms with van der Waals surface area (Å²) in [5, 5.41) is 1.82. The van der Waals surface area contributed by atoms with Gasteiger partial charge in [-0.2, -0.15) is 0 Å². The number of aromatic nitrogens is 4. The Hall–Kier alpha value is -2.52. The van der Waals surface area contributed by atoms with Crippen LogP contribution in [-0.4, -0.2) is 67.4 Å². The molecule has 26 heavy (non-hydrogen) atoms. The Morgan fingerprint density at radius 2 is 1.88 bits per heavy atom. The second-order valence-corrected chi connectivity index (χ2v) is 7.12. The molecule has 0 radical (unpaired) electrons. The van der Waals surface area contributed by atoms with E-state index in [4.69, 9.17) is 19.4 Å². The number of morpholine rings is 1. The topological polar surface area (TPSA) is 76.5 Å². The summed E-state index contributed by atoms with van der Waals surface area (Å²) in [6.45, 7) is 3.01. The molecule has 0 aliphatic carbocycles. The first-order chi connectivity index (χ1) is 12.7. The highest BCUT2D eigenvalue weighted by Gasteiger charge is 2.20. The van der Waals surface area contributed by atoms with Gasteiger partial charge in [-0.15, -0.1) is 0 Å². The normalized spacial score (nSPS) is 14.7. The van der Waals surface area contributed by atoms with Gasteiger partial charge in [-0.25, -0.2) is 19.9 Å². The zero-order valence-electron chi connectivity index (χ0n) is 15.0. The van der Waals surface area contributed by atoms with E-state index >= 15 is 0 Å². The van der Waals surface area contributed by atoms with Crippen LogP contribution in [0.4, 0.5) is 11.8 Å². The zero-order valence-corrected chi connectivity index (χ0v) is 15.8. The lowest BCUT2D eigenvalue weighted by atomic mass is 10.2. The molecule has 1 fully saturated rings. The number of methoxy groups -OCH3 is 1. The van der Waals surface area contributed by atoms with E-state index < -0.39 is 0 Å². The van der Waals surface area contributed by atoms with Crippen LogP contribution in [0.2, 0.25) is 0 Å². The fourth-order valence-corrected chi connectivity index (χ4v) is 3.64. The van der Waals surface area contributed by atoms with Crippen molar-refractivity contribution in [3.05, 3.63) is 18.5 Å². The van der Waals surface area contributed by atoms with Crippen molar-refractivity contribution in [3.63, 3.8) is 0 Å². The van der Waals surface area contributed by atoms with Gasteiger partial charge in [0, 0.05) is 45.6 Å². The lowest BCUT2D eigenvalue weighted by Gasteiger charge is -2.28. The van der Waals surface area contributed by atoms with Crippen molar-refractivity contribution >= 4 is 33.3 Å². The minimum Gasteiger partial charge on any atom is -0.487 e. The molecule has 3 aromatic heterocycles. The predicted octanol–water partition coefficient (Wildman–Crippen LogP) is 2.06. The van der Waals surface area contributed by atoms with E-state index in [9.17, 15) is 0 Å². The van der Waals surface area contributed by atoms with E-state index in [2.05, 4.69) is 14.9 Å². The molecule has 0 aromatic carbocycles. The summed E-state index contributed by atoms with van der Waals surface area (Å²) in [5.74, 6) is 2.18. The molecule has 0 N–H and O–H groups in total. The zero-order chi connectivity index (χ0) is 18.1. The Labute approximate surface area is 155 Å². The van der Waals surface area contributed by atoms with Crippen molar-refractivity contribution in [2.24, 2.45) is 0 Å². The number of ether oxygens (including phenoxy) is 2. The van der Waals surface area contributed by atoms with Gasteiger partial charge in [0.05, 0.1) is 31.3 Å². The highest BCUT2D eigenvalue weighted by Crippen LogP contribution is 2.37. The van der Waals surface area contributed by atoms with Crippen molar-refractivity contribution in [1.29, 1.82) is 0 Å². The summed E-state index contributed by atoms with van der Waals surface area (Å²) in [4.78, 5) is 23.3. The average molecular weight is 372 g/mol. The molecule has 8 nitrogen and oxygen atoms in total. The van der Waals surface area contributed by atoms with Crippen LogP contribution in [0.3, 0.4) is 0 Å². The van der Waals surface area contributed by atoms with Crippen molar-refractivity contribution in [2.75, 3.05) is 57.3 Å². The van der Waals surface area contributed by atoms with Gasteiger partial charge in [-0.1, -0.05) is 11.3 Å². The number of fused-ring (bicyclic) bond motifs is 1. The van der Waals surface area contributed by atoms with E-state index in [1.807, 2.05) is 25.1 Å². The smallest absolute Gasteiger partial charge is 0.224 e. The summed E-state index contributed by atoms with van der Waals surface area (Å²) >= 11 is 1.51. The van der Waals surface area contributed by atoms with Crippen LogP contribution in [0, 0.1) is 0 Å². The summed E-state index contributed by atoms with van der Waals surface area (Å²) < 4.78 is 10.9. The molecule has 1 saturated heterocycles. The van der Waals surface area contributed by atoms with E-state index in [0.717, 1.165) is 39.8 Å². The Kier molecular flexibility index (Phi) is 4.56. The minimum absolute atomic E-state index is 0.619. The predicted molar refractivity (Wildman–Crippen MR) is 102 cm³/mol. The molecule has 0 unspecified atom stereocenters. The van der Waals surface area contributed by atoms with Crippen LogP contribution in [0.1, 0.15) is 0 Å². The molecule has 0 spiro atoms. The summed E-state index contributed by atoms with van der Waals surface area (Å²) in [6, 6.07) is 2.00. The fourth-order valence-electron chi connectivity index (χ4n) is 2.80. The molecular formula is C17H20N6O2S. The maximum atomic E-state index is 5.48. The summed E-state index contributed by atoms with van der Waals surface area (Å²) in [6.07, 6.45) is 3.52. The Morgan fingerprint density at radius 3 is 2.54 bits per heavy atom. The average Bonchev–Trinajstić information content (AvgIpc) is 3.11. The van der Waals surface area contributed by atoms with Crippen LogP contribution in [0.25, 0.3) is 21.6 Å². The number of nitrogens with zero attached hydrogens (tertiary/aromatic N) is 6. The van der Waals surface area contributed by atoms with Crippen molar-refractivity contribution < 1.29 is 9.47 Å². The molecule has 3 aromatic rings. The molecule has 0 amide bonds. The van der Waals surface area contributed by atoms with Gasteiger partial charge in [0.15, 0.2) is 10.9 Å². The summed E-state index contributed by atoms with van der Waals surface area (Å²) in [5.41, 5.74) is 0.791. The summed E-state index contributed by atoms with van der Waals surface area (Å²) in [7, 11) is 5.49. The molecule has 0 bridgehead atoms. The lowest BCUT2D eigenvalue weighted by molar-refractivity contribution is 0.122. The van der Waals surface area contributed by atoms with Gasteiger partial charge in [-0.05, 0) is 0 Å². The standard InChI is InChI=1S/C17H20N6O2S/c1-22(2)17-18-9-11(10-19-17)14-20-15(23-4-6-25-7-5-23)12-8-13(24-3)26-16(12)21-14/h8-10H,4-7H2,1-3H3. The second kappa shape index (κ2) is 7.00. The first-order valence-electron chi connectivity index (χ1n) is 8.33. The highest BCUT2D eigenvalue weighted by molar-refractivity contribution is 7.20. The third-order valence-electron chi connectivity index (χ3n) is 4.16. The third-order valence-corrected chi connectivity index (χ3v) is 5.15. The maximum absolute atomic E-state index is 5.48. The van der Waals surface area contributed by atoms with Crippen LogP contribution in [0.5, 0.6) is 5.06 Å². The van der Waals surface area contributed by atoms with Crippen LogP contribution in [0.15, 0.2) is 18.5 Å².